The summed E-state index contributed by atoms with van der Waals surface area (Å²) >= 11 is 1.65. The van der Waals surface area contributed by atoms with Gasteiger partial charge < -0.3 is 15.6 Å². The van der Waals surface area contributed by atoms with E-state index in [1.165, 1.54) is 4.88 Å². The Bertz CT molecular complexity index is 656. The van der Waals surface area contributed by atoms with E-state index in [0.717, 1.165) is 24.3 Å². The van der Waals surface area contributed by atoms with Crippen LogP contribution in [-0.2, 0) is 6.42 Å². The molecule has 3 N–H and O–H groups in total. The number of thiazole rings is 1. The Balaban J connectivity index is 1.73. The van der Waals surface area contributed by atoms with E-state index in [2.05, 4.69) is 17.2 Å². The number of anilines is 1. The van der Waals surface area contributed by atoms with Gasteiger partial charge in [0.15, 0.2) is 0 Å². The molecule has 0 radical (unpaired) electrons. The molecule has 5 nitrogen and oxygen atoms in total. The van der Waals surface area contributed by atoms with Crippen molar-refractivity contribution >= 4 is 22.9 Å². The first kappa shape index (κ1) is 14.1. The van der Waals surface area contributed by atoms with E-state index >= 15 is 0 Å². The van der Waals surface area contributed by atoms with E-state index in [1.807, 2.05) is 23.9 Å². The molecular formula is C15H20N4OS. The Labute approximate surface area is 128 Å². The molecule has 6 heteroatoms. The normalized spacial score (nSPS) is 15.9. The number of hydrogen-bond donors (Lipinski definition) is 2. The minimum atomic E-state index is -0.0911. The number of aryl methyl sites for hydroxylation is 1. The van der Waals surface area contributed by atoms with Crippen LogP contribution in [0.3, 0.4) is 0 Å². The van der Waals surface area contributed by atoms with Crippen LogP contribution >= 0.6 is 11.3 Å². The summed E-state index contributed by atoms with van der Waals surface area (Å²) < 4.78 is 2.00. The van der Waals surface area contributed by atoms with Gasteiger partial charge in [0.25, 0.3) is 5.91 Å². The number of amides is 1. The largest absolute Gasteiger partial charge is 0.397 e. The van der Waals surface area contributed by atoms with Crippen LogP contribution in [0.5, 0.6) is 0 Å². The molecule has 1 fully saturated rings. The van der Waals surface area contributed by atoms with Gasteiger partial charge in [-0.2, -0.15) is 0 Å². The van der Waals surface area contributed by atoms with Crippen molar-refractivity contribution in [2.45, 2.75) is 45.2 Å². The zero-order valence-electron chi connectivity index (χ0n) is 12.3. The Morgan fingerprint density at radius 3 is 3.00 bits per heavy atom. The maximum Gasteiger partial charge on any atom is 0.268 e. The van der Waals surface area contributed by atoms with Crippen LogP contribution in [0.2, 0.25) is 0 Å². The third-order valence-corrected chi connectivity index (χ3v) is 5.00. The minimum absolute atomic E-state index is 0.0839. The second-order valence-corrected chi connectivity index (χ2v) is 6.66. The molecule has 2 heterocycles. The molecule has 0 aliphatic heterocycles. The highest BCUT2D eigenvalue weighted by Gasteiger charge is 2.28. The van der Waals surface area contributed by atoms with Crippen LogP contribution in [0.1, 0.15) is 59.1 Å². The SMILES string of the molecule is CCc1cnc(C(C)NC(=O)c2cc(N)cn2C2CC2)s1. The minimum Gasteiger partial charge on any atom is -0.397 e. The first-order valence-corrected chi connectivity index (χ1v) is 8.13. The van der Waals surface area contributed by atoms with Gasteiger partial charge in [0.05, 0.1) is 11.7 Å². The van der Waals surface area contributed by atoms with E-state index in [4.69, 9.17) is 5.73 Å². The summed E-state index contributed by atoms with van der Waals surface area (Å²) in [5, 5.41) is 3.96. The molecule has 3 rings (SSSR count). The van der Waals surface area contributed by atoms with Gasteiger partial charge in [0, 0.05) is 23.3 Å². The van der Waals surface area contributed by atoms with Gasteiger partial charge in [-0.1, -0.05) is 6.92 Å². The molecule has 0 aromatic carbocycles. The summed E-state index contributed by atoms with van der Waals surface area (Å²) in [7, 11) is 0. The fourth-order valence-electron chi connectivity index (χ4n) is 2.36. The first-order valence-electron chi connectivity index (χ1n) is 7.31. The van der Waals surface area contributed by atoms with Crippen molar-refractivity contribution < 1.29 is 4.79 Å². The molecule has 2 aromatic heterocycles. The standard InChI is InChI=1S/C15H20N4OS/c1-3-12-7-17-15(21-12)9(2)18-14(20)13-6-10(16)8-19(13)11-4-5-11/h6-9,11H,3-5,16H2,1-2H3,(H,18,20). The average Bonchev–Trinajstić information content (AvgIpc) is 3.05. The summed E-state index contributed by atoms with van der Waals surface area (Å²) in [6.07, 6.45) is 6.95. The van der Waals surface area contributed by atoms with Crippen molar-refractivity contribution in [3.8, 4) is 0 Å². The molecule has 0 bridgehead atoms. The van der Waals surface area contributed by atoms with Crippen LogP contribution in [0.4, 0.5) is 5.69 Å². The summed E-state index contributed by atoms with van der Waals surface area (Å²) in [5.74, 6) is -0.0839. The van der Waals surface area contributed by atoms with Crippen LogP contribution in [0, 0.1) is 0 Å². The highest BCUT2D eigenvalue weighted by atomic mass is 32.1. The van der Waals surface area contributed by atoms with Gasteiger partial charge in [-0.3, -0.25) is 4.79 Å². The second-order valence-electron chi connectivity index (χ2n) is 5.51. The zero-order chi connectivity index (χ0) is 15.0. The molecular weight excluding hydrogens is 284 g/mol. The Kier molecular flexibility index (Phi) is 3.71. The number of aromatic nitrogens is 2. The van der Waals surface area contributed by atoms with E-state index in [9.17, 15) is 4.79 Å². The highest BCUT2D eigenvalue weighted by Crippen LogP contribution is 2.37. The van der Waals surface area contributed by atoms with Crippen LogP contribution in [0.25, 0.3) is 0 Å². The smallest absolute Gasteiger partial charge is 0.268 e. The number of nitrogen functional groups attached to an aromatic ring is 1. The van der Waals surface area contributed by atoms with Crippen molar-refractivity contribution in [3.05, 3.63) is 34.0 Å². The van der Waals surface area contributed by atoms with Gasteiger partial charge >= 0.3 is 0 Å². The summed E-state index contributed by atoms with van der Waals surface area (Å²) in [5.41, 5.74) is 7.12. The predicted molar refractivity (Wildman–Crippen MR) is 84.5 cm³/mol. The van der Waals surface area contributed by atoms with Crippen molar-refractivity contribution in [1.29, 1.82) is 0 Å². The Hall–Kier alpha value is -1.82. The van der Waals surface area contributed by atoms with Gasteiger partial charge in [0.2, 0.25) is 0 Å². The van der Waals surface area contributed by atoms with Crippen LogP contribution in [-0.4, -0.2) is 15.5 Å². The topological polar surface area (TPSA) is 72.9 Å². The Morgan fingerprint density at radius 1 is 1.62 bits per heavy atom. The molecule has 0 saturated heterocycles. The molecule has 1 unspecified atom stereocenters. The van der Waals surface area contributed by atoms with E-state index in [1.54, 1.807) is 17.4 Å². The summed E-state index contributed by atoms with van der Waals surface area (Å²) in [4.78, 5) is 18.1. The number of hydrogen-bond acceptors (Lipinski definition) is 4. The van der Waals surface area contributed by atoms with Crippen molar-refractivity contribution in [3.63, 3.8) is 0 Å². The van der Waals surface area contributed by atoms with Crippen molar-refractivity contribution in [1.82, 2.24) is 14.9 Å². The molecule has 1 atom stereocenters. The average molecular weight is 304 g/mol. The molecule has 0 spiro atoms. The predicted octanol–water partition coefficient (Wildman–Crippen LogP) is 2.92. The summed E-state index contributed by atoms with van der Waals surface area (Å²) in [6, 6.07) is 2.09. The molecule has 21 heavy (non-hydrogen) atoms. The van der Waals surface area contributed by atoms with Crippen LogP contribution < -0.4 is 11.1 Å². The first-order chi connectivity index (χ1) is 10.1. The highest BCUT2D eigenvalue weighted by molar-refractivity contribution is 7.11. The molecule has 112 valence electrons. The lowest BCUT2D eigenvalue weighted by Gasteiger charge is -2.13. The quantitative estimate of drug-likeness (QED) is 0.892. The molecule has 1 saturated carbocycles. The monoisotopic (exact) mass is 304 g/mol. The fraction of sp³-hybridized carbons (Fsp3) is 0.467. The van der Waals surface area contributed by atoms with Crippen molar-refractivity contribution in [2.24, 2.45) is 0 Å². The lowest BCUT2D eigenvalue weighted by Crippen LogP contribution is -2.28. The van der Waals surface area contributed by atoms with Crippen molar-refractivity contribution in [2.75, 3.05) is 5.73 Å². The molecule has 2 aromatic rings. The maximum atomic E-state index is 12.5. The maximum absolute atomic E-state index is 12.5. The second kappa shape index (κ2) is 5.52. The number of nitrogens with one attached hydrogen (secondary N) is 1. The van der Waals surface area contributed by atoms with E-state index < -0.39 is 0 Å². The molecule has 1 aliphatic rings. The van der Waals surface area contributed by atoms with E-state index in [0.29, 0.717) is 17.4 Å². The lowest BCUT2D eigenvalue weighted by molar-refractivity contribution is 0.0930. The van der Waals surface area contributed by atoms with E-state index in [-0.39, 0.29) is 11.9 Å². The fourth-order valence-corrected chi connectivity index (χ4v) is 3.22. The number of rotatable bonds is 5. The molecule has 1 amide bonds. The van der Waals surface area contributed by atoms with Gasteiger partial charge in [-0.15, -0.1) is 11.3 Å². The van der Waals surface area contributed by atoms with Crippen LogP contribution in [0.15, 0.2) is 18.5 Å². The third-order valence-electron chi connectivity index (χ3n) is 3.68. The Morgan fingerprint density at radius 2 is 2.38 bits per heavy atom. The number of nitrogens with two attached hydrogens (primary N) is 1. The van der Waals surface area contributed by atoms with Gasteiger partial charge in [-0.05, 0) is 32.3 Å². The zero-order valence-corrected chi connectivity index (χ0v) is 13.1. The number of carbonyl (C=O) groups is 1. The van der Waals surface area contributed by atoms with Gasteiger partial charge in [0.1, 0.15) is 10.7 Å². The lowest BCUT2D eigenvalue weighted by atomic mass is 10.3. The molecule has 1 aliphatic carbocycles. The third kappa shape index (κ3) is 2.95. The van der Waals surface area contributed by atoms with Gasteiger partial charge in [-0.25, -0.2) is 4.98 Å². The summed E-state index contributed by atoms with van der Waals surface area (Å²) in [6.45, 7) is 4.07. The number of nitrogens with zero attached hydrogens (tertiary/aromatic N) is 2. The number of carbonyl (C=O) groups excluding carboxylic acids is 1.